The number of methoxy groups -OCH3 is 1. The predicted octanol–water partition coefficient (Wildman–Crippen LogP) is 3.22. The third-order valence-corrected chi connectivity index (χ3v) is 4.06. The molecule has 1 aliphatic heterocycles. The number of nitrogens with zero attached hydrogens (tertiary/aromatic N) is 1. The van der Waals surface area contributed by atoms with Crippen molar-refractivity contribution in [2.45, 2.75) is 19.3 Å². The van der Waals surface area contributed by atoms with Gasteiger partial charge in [-0.1, -0.05) is 12.1 Å². The SMILES string of the molecule is COc1cccc(CCCN=C(N)Nc2ccc3c(c2)OCCCO3)c1. The number of nitrogens with one attached hydrogen (secondary N) is 1. The highest BCUT2D eigenvalue weighted by molar-refractivity contribution is 5.92. The summed E-state index contributed by atoms with van der Waals surface area (Å²) in [7, 11) is 1.68. The lowest BCUT2D eigenvalue weighted by Gasteiger charge is -2.10. The van der Waals surface area contributed by atoms with Gasteiger partial charge in [0.05, 0.1) is 20.3 Å². The molecule has 0 saturated heterocycles. The van der Waals surface area contributed by atoms with Gasteiger partial charge in [-0.25, -0.2) is 0 Å². The fourth-order valence-electron chi connectivity index (χ4n) is 2.74. The molecule has 6 heteroatoms. The molecule has 0 spiro atoms. The minimum absolute atomic E-state index is 0.394. The first-order valence-corrected chi connectivity index (χ1v) is 8.84. The second-order valence-corrected chi connectivity index (χ2v) is 6.06. The number of rotatable bonds is 6. The monoisotopic (exact) mass is 355 g/mol. The number of hydrogen-bond acceptors (Lipinski definition) is 4. The highest BCUT2D eigenvalue weighted by atomic mass is 16.5. The van der Waals surface area contributed by atoms with Crippen LogP contribution in [-0.4, -0.2) is 32.8 Å². The van der Waals surface area contributed by atoms with Crippen LogP contribution in [0.2, 0.25) is 0 Å². The quantitative estimate of drug-likeness (QED) is 0.473. The Kier molecular flexibility index (Phi) is 6.19. The minimum Gasteiger partial charge on any atom is -0.497 e. The Labute approximate surface area is 154 Å². The topological polar surface area (TPSA) is 78.1 Å². The summed E-state index contributed by atoms with van der Waals surface area (Å²) < 4.78 is 16.5. The summed E-state index contributed by atoms with van der Waals surface area (Å²) in [5, 5.41) is 3.10. The van der Waals surface area contributed by atoms with Gasteiger partial charge in [0.15, 0.2) is 17.5 Å². The largest absolute Gasteiger partial charge is 0.497 e. The van der Waals surface area contributed by atoms with E-state index < -0.39 is 0 Å². The van der Waals surface area contributed by atoms with Crippen LogP contribution in [0.1, 0.15) is 18.4 Å². The molecule has 3 N–H and O–H groups in total. The molecule has 6 nitrogen and oxygen atoms in total. The molecular weight excluding hydrogens is 330 g/mol. The van der Waals surface area contributed by atoms with Crippen molar-refractivity contribution < 1.29 is 14.2 Å². The Balaban J connectivity index is 1.49. The molecule has 2 aromatic rings. The molecule has 0 unspecified atom stereocenters. The van der Waals surface area contributed by atoms with E-state index in [0.717, 1.165) is 42.2 Å². The van der Waals surface area contributed by atoms with Gasteiger partial charge in [0.25, 0.3) is 0 Å². The lowest BCUT2D eigenvalue weighted by atomic mass is 10.1. The van der Waals surface area contributed by atoms with Crippen LogP contribution in [0.4, 0.5) is 5.69 Å². The first-order chi connectivity index (χ1) is 12.7. The van der Waals surface area contributed by atoms with E-state index in [4.69, 9.17) is 19.9 Å². The van der Waals surface area contributed by atoms with Crippen molar-refractivity contribution in [3.8, 4) is 17.2 Å². The van der Waals surface area contributed by atoms with E-state index in [2.05, 4.69) is 16.4 Å². The van der Waals surface area contributed by atoms with Gasteiger partial charge >= 0.3 is 0 Å². The normalized spacial score (nSPS) is 13.8. The summed E-state index contributed by atoms with van der Waals surface area (Å²) in [6.45, 7) is 1.99. The number of hydrogen-bond donors (Lipinski definition) is 2. The van der Waals surface area contributed by atoms with E-state index in [-0.39, 0.29) is 0 Å². The van der Waals surface area contributed by atoms with Crippen LogP contribution in [-0.2, 0) is 6.42 Å². The summed E-state index contributed by atoms with van der Waals surface area (Å²) in [4.78, 5) is 4.39. The summed E-state index contributed by atoms with van der Waals surface area (Å²) >= 11 is 0. The minimum atomic E-state index is 0.394. The summed E-state index contributed by atoms with van der Waals surface area (Å²) in [6.07, 6.45) is 2.73. The van der Waals surface area contributed by atoms with Crippen LogP contribution in [0.3, 0.4) is 0 Å². The zero-order valence-corrected chi connectivity index (χ0v) is 15.0. The fourth-order valence-corrected chi connectivity index (χ4v) is 2.74. The van der Waals surface area contributed by atoms with E-state index in [1.54, 1.807) is 7.11 Å². The van der Waals surface area contributed by atoms with Crippen molar-refractivity contribution in [2.24, 2.45) is 10.7 Å². The van der Waals surface area contributed by atoms with Gasteiger partial charge in [-0.15, -0.1) is 0 Å². The molecule has 0 fully saturated rings. The van der Waals surface area contributed by atoms with E-state index in [0.29, 0.717) is 25.7 Å². The fraction of sp³-hybridized carbons (Fsp3) is 0.350. The molecule has 0 aliphatic carbocycles. The van der Waals surface area contributed by atoms with Gasteiger partial charge in [0, 0.05) is 24.7 Å². The Morgan fingerprint density at radius 3 is 2.85 bits per heavy atom. The van der Waals surface area contributed by atoms with Gasteiger partial charge in [-0.05, 0) is 42.7 Å². The molecule has 2 aromatic carbocycles. The molecule has 0 aromatic heterocycles. The lowest BCUT2D eigenvalue weighted by molar-refractivity contribution is 0.297. The molecular formula is C20H25N3O3. The average molecular weight is 355 g/mol. The molecule has 0 saturated carbocycles. The molecule has 0 amide bonds. The van der Waals surface area contributed by atoms with Crippen LogP contribution in [0, 0.1) is 0 Å². The standard InChI is InChI=1S/C20H25N3O3/c1-24-17-7-2-5-15(13-17)6-3-10-22-20(21)23-16-8-9-18-19(14-16)26-12-4-11-25-18/h2,5,7-9,13-14H,3-4,6,10-12H2,1H3,(H3,21,22,23). The van der Waals surface area contributed by atoms with E-state index in [9.17, 15) is 0 Å². The third kappa shape index (κ3) is 5.05. The Morgan fingerprint density at radius 2 is 2.00 bits per heavy atom. The van der Waals surface area contributed by atoms with E-state index in [1.807, 2.05) is 36.4 Å². The Morgan fingerprint density at radius 1 is 1.15 bits per heavy atom. The zero-order valence-electron chi connectivity index (χ0n) is 15.0. The first-order valence-electron chi connectivity index (χ1n) is 8.84. The molecule has 0 radical (unpaired) electrons. The van der Waals surface area contributed by atoms with Crippen molar-refractivity contribution in [1.29, 1.82) is 0 Å². The van der Waals surface area contributed by atoms with Crippen molar-refractivity contribution in [3.63, 3.8) is 0 Å². The second-order valence-electron chi connectivity index (χ2n) is 6.06. The maximum atomic E-state index is 5.98. The number of ether oxygens (including phenoxy) is 3. The summed E-state index contributed by atoms with van der Waals surface area (Å²) in [5.74, 6) is 2.77. The smallest absolute Gasteiger partial charge is 0.193 e. The number of nitrogens with two attached hydrogens (primary N) is 1. The number of aryl methyl sites for hydroxylation is 1. The number of fused-ring (bicyclic) bond motifs is 1. The van der Waals surface area contributed by atoms with Gasteiger partial charge < -0.3 is 25.3 Å². The highest BCUT2D eigenvalue weighted by Crippen LogP contribution is 2.32. The lowest BCUT2D eigenvalue weighted by Crippen LogP contribution is -2.22. The molecule has 138 valence electrons. The molecule has 1 heterocycles. The van der Waals surface area contributed by atoms with Crippen LogP contribution < -0.4 is 25.3 Å². The number of anilines is 1. The van der Waals surface area contributed by atoms with Crippen molar-refractivity contribution in [1.82, 2.24) is 0 Å². The molecule has 0 bridgehead atoms. The average Bonchev–Trinajstić information content (AvgIpc) is 2.90. The van der Waals surface area contributed by atoms with Crippen LogP contribution >= 0.6 is 0 Å². The molecule has 26 heavy (non-hydrogen) atoms. The molecule has 3 rings (SSSR count). The van der Waals surface area contributed by atoms with Gasteiger partial charge in [0.1, 0.15) is 5.75 Å². The first kappa shape index (κ1) is 17.9. The third-order valence-electron chi connectivity index (χ3n) is 4.06. The summed E-state index contributed by atoms with van der Waals surface area (Å²) in [6, 6.07) is 13.8. The van der Waals surface area contributed by atoms with Gasteiger partial charge in [-0.2, -0.15) is 0 Å². The van der Waals surface area contributed by atoms with Crippen LogP contribution in [0.5, 0.6) is 17.2 Å². The number of guanidine groups is 1. The molecule has 0 atom stereocenters. The predicted molar refractivity (Wildman–Crippen MR) is 103 cm³/mol. The van der Waals surface area contributed by atoms with Crippen LogP contribution in [0.15, 0.2) is 47.5 Å². The van der Waals surface area contributed by atoms with Gasteiger partial charge in [0.2, 0.25) is 0 Å². The zero-order chi connectivity index (χ0) is 18.2. The second kappa shape index (κ2) is 8.99. The maximum Gasteiger partial charge on any atom is 0.193 e. The number of aliphatic imine (C=N–C) groups is 1. The van der Waals surface area contributed by atoms with E-state index in [1.165, 1.54) is 5.56 Å². The van der Waals surface area contributed by atoms with Crippen molar-refractivity contribution in [3.05, 3.63) is 48.0 Å². The number of benzene rings is 2. The Hall–Kier alpha value is -2.89. The maximum absolute atomic E-state index is 5.98. The van der Waals surface area contributed by atoms with Gasteiger partial charge in [-0.3, -0.25) is 4.99 Å². The van der Waals surface area contributed by atoms with E-state index >= 15 is 0 Å². The van der Waals surface area contributed by atoms with Crippen molar-refractivity contribution >= 4 is 11.6 Å². The summed E-state index contributed by atoms with van der Waals surface area (Å²) in [5.41, 5.74) is 8.05. The van der Waals surface area contributed by atoms with Crippen LogP contribution in [0.25, 0.3) is 0 Å². The van der Waals surface area contributed by atoms with Crippen molar-refractivity contribution in [2.75, 3.05) is 32.2 Å². The molecule has 1 aliphatic rings. The Bertz CT molecular complexity index is 762. The highest BCUT2D eigenvalue weighted by Gasteiger charge is 2.10.